The third kappa shape index (κ3) is 1.40. The van der Waals surface area contributed by atoms with Crippen molar-refractivity contribution in [3.8, 4) is 0 Å². The molecule has 0 saturated heterocycles. The van der Waals surface area contributed by atoms with E-state index in [0.717, 1.165) is 0 Å². The molecule has 0 saturated carbocycles. The van der Waals surface area contributed by atoms with Gasteiger partial charge in [0.05, 0.1) is 11.0 Å². The smallest absolute Gasteiger partial charge is 0.355 e. The molecule has 0 atom stereocenters. The van der Waals surface area contributed by atoms with Crippen molar-refractivity contribution in [2.24, 2.45) is 0 Å². The van der Waals surface area contributed by atoms with Gasteiger partial charge in [-0.15, -0.1) is 0 Å². The standard InChI is InChI=1S/C12H7N3O2/c16-12(17)11-9-7(6-15-11)5-14-8-3-1-2-4-13-10(8)9/h1-6H,(H,16,17). The van der Waals surface area contributed by atoms with Gasteiger partial charge in [0.1, 0.15) is 0 Å². The number of carbonyl (C=O) groups is 1. The summed E-state index contributed by atoms with van der Waals surface area (Å²) in [6, 6.07) is 5.37. The summed E-state index contributed by atoms with van der Waals surface area (Å²) in [7, 11) is 0. The molecule has 1 N–H and O–H groups in total. The van der Waals surface area contributed by atoms with Gasteiger partial charge < -0.3 is 5.11 Å². The number of rotatable bonds is 1. The fourth-order valence-electron chi connectivity index (χ4n) is 1.80. The van der Waals surface area contributed by atoms with E-state index < -0.39 is 5.97 Å². The molecule has 3 heterocycles. The second kappa shape index (κ2) is 3.48. The normalized spacial score (nSPS) is 10.8. The number of aromatic nitrogens is 3. The highest BCUT2D eigenvalue weighted by atomic mass is 16.4. The lowest BCUT2D eigenvalue weighted by atomic mass is 10.2. The van der Waals surface area contributed by atoms with Crippen LogP contribution in [0.15, 0.2) is 36.8 Å². The molecule has 0 fully saturated rings. The summed E-state index contributed by atoms with van der Waals surface area (Å²) in [6.07, 6.45) is 4.72. The first-order chi connectivity index (χ1) is 8.27. The largest absolute Gasteiger partial charge is 0.476 e. The maximum absolute atomic E-state index is 11.1. The minimum absolute atomic E-state index is 0.0195. The van der Waals surface area contributed by atoms with Gasteiger partial charge in [0, 0.05) is 29.4 Å². The van der Waals surface area contributed by atoms with Crippen molar-refractivity contribution < 1.29 is 9.90 Å². The minimum atomic E-state index is -1.05. The molecule has 5 nitrogen and oxygen atoms in total. The van der Waals surface area contributed by atoms with E-state index in [0.29, 0.717) is 21.8 Å². The zero-order chi connectivity index (χ0) is 11.8. The van der Waals surface area contributed by atoms with Crippen molar-refractivity contribution in [2.75, 3.05) is 0 Å². The Labute approximate surface area is 95.8 Å². The van der Waals surface area contributed by atoms with Gasteiger partial charge in [-0.05, 0) is 12.1 Å². The molecule has 5 heteroatoms. The van der Waals surface area contributed by atoms with Gasteiger partial charge in [-0.3, -0.25) is 9.97 Å². The van der Waals surface area contributed by atoms with E-state index in [1.807, 2.05) is 6.07 Å². The second-order valence-corrected chi connectivity index (χ2v) is 3.56. The van der Waals surface area contributed by atoms with E-state index in [4.69, 9.17) is 5.11 Å². The average Bonchev–Trinajstić information content (AvgIpc) is 2.60. The Balaban J connectivity index is 2.58. The molecule has 3 aromatic heterocycles. The van der Waals surface area contributed by atoms with Crippen molar-refractivity contribution >= 4 is 27.8 Å². The molecule has 0 unspecified atom stereocenters. The molecule has 0 aromatic carbocycles. The first-order valence-corrected chi connectivity index (χ1v) is 4.99. The van der Waals surface area contributed by atoms with E-state index in [1.165, 1.54) is 6.20 Å². The summed E-state index contributed by atoms with van der Waals surface area (Å²) in [5.41, 5.74) is 1.23. The van der Waals surface area contributed by atoms with Gasteiger partial charge in [0.15, 0.2) is 5.69 Å². The highest BCUT2D eigenvalue weighted by Crippen LogP contribution is 2.24. The van der Waals surface area contributed by atoms with Crippen LogP contribution in [0, 0.1) is 0 Å². The summed E-state index contributed by atoms with van der Waals surface area (Å²) in [5, 5.41) is 10.3. The Morgan fingerprint density at radius 3 is 2.76 bits per heavy atom. The quantitative estimate of drug-likeness (QED) is 0.684. The SMILES string of the molecule is O=C(O)c1ncc2cnc3ccccnc3c12. The summed E-state index contributed by atoms with van der Waals surface area (Å²) >= 11 is 0. The minimum Gasteiger partial charge on any atom is -0.476 e. The van der Waals surface area contributed by atoms with Crippen LogP contribution in [0.5, 0.6) is 0 Å². The van der Waals surface area contributed by atoms with Crippen LogP contribution in [0.25, 0.3) is 21.8 Å². The zero-order valence-electron chi connectivity index (χ0n) is 8.66. The molecule has 3 aromatic rings. The van der Waals surface area contributed by atoms with E-state index in [-0.39, 0.29) is 5.69 Å². The summed E-state index contributed by atoms with van der Waals surface area (Å²) in [5.74, 6) is -1.05. The van der Waals surface area contributed by atoms with Crippen molar-refractivity contribution in [1.82, 2.24) is 15.0 Å². The molecule has 17 heavy (non-hydrogen) atoms. The van der Waals surface area contributed by atoms with Gasteiger partial charge in [-0.1, -0.05) is 6.07 Å². The molecule has 0 amide bonds. The molecule has 3 rings (SSSR count). The fourth-order valence-corrected chi connectivity index (χ4v) is 1.80. The maximum Gasteiger partial charge on any atom is 0.355 e. The van der Waals surface area contributed by atoms with Crippen molar-refractivity contribution in [2.45, 2.75) is 0 Å². The third-order valence-corrected chi connectivity index (χ3v) is 2.54. The van der Waals surface area contributed by atoms with E-state index >= 15 is 0 Å². The number of fused-ring (bicyclic) bond motifs is 3. The molecule has 82 valence electrons. The third-order valence-electron chi connectivity index (χ3n) is 2.54. The van der Waals surface area contributed by atoms with Gasteiger partial charge in [-0.2, -0.15) is 0 Å². The van der Waals surface area contributed by atoms with E-state index in [2.05, 4.69) is 15.0 Å². The fraction of sp³-hybridized carbons (Fsp3) is 0. The molecule has 0 radical (unpaired) electrons. The summed E-state index contributed by atoms with van der Waals surface area (Å²) < 4.78 is 0. The lowest BCUT2D eigenvalue weighted by molar-refractivity contribution is 0.0693. The lowest BCUT2D eigenvalue weighted by Gasteiger charge is -1.95. The van der Waals surface area contributed by atoms with Crippen LogP contribution in [0.1, 0.15) is 10.5 Å². The Kier molecular flexibility index (Phi) is 1.98. The van der Waals surface area contributed by atoms with Crippen molar-refractivity contribution in [3.63, 3.8) is 0 Å². The van der Waals surface area contributed by atoms with Crippen LogP contribution in [-0.4, -0.2) is 26.0 Å². The highest BCUT2D eigenvalue weighted by Gasteiger charge is 2.15. The molecular formula is C12H7N3O2. The Morgan fingerprint density at radius 2 is 1.94 bits per heavy atom. The molecular weight excluding hydrogens is 218 g/mol. The van der Waals surface area contributed by atoms with Crippen LogP contribution in [0.2, 0.25) is 0 Å². The van der Waals surface area contributed by atoms with Crippen LogP contribution in [0.3, 0.4) is 0 Å². The summed E-state index contributed by atoms with van der Waals surface area (Å²) in [6.45, 7) is 0. The number of carboxylic acid groups (broad SMARTS) is 1. The number of nitrogens with zero attached hydrogens (tertiary/aromatic N) is 3. The molecule has 0 aliphatic rings. The predicted octanol–water partition coefficient (Wildman–Crippen LogP) is 1.88. The Hall–Kier alpha value is -2.56. The van der Waals surface area contributed by atoms with E-state index in [9.17, 15) is 4.79 Å². The predicted molar refractivity (Wildman–Crippen MR) is 61.8 cm³/mol. The monoisotopic (exact) mass is 225 g/mol. The van der Waals surface area contributed by atoms with Crippen LogP contribution in [-0.2, 0) is 0 Å². The van der Waals surface area contributed by atoms with Crippen molar-refractivity contribution in [3.05, 3.63) is 42.5 Å². The Bertz CT molecular complexity index is 740. The first kappa shape index (κ1) is 9.65. The summed E-state index contributed by atoms with van der Waals surface area (Å²) in [4.78, 5) is 23.4. The van der Waals surface area contributed by atoms with Crippen LogP contribution >= 0.6 is 0 Å². The second-order valence-electron chi connectivity index (χ2n) is 3.56. The van der Waals surface area contributed by atoms with Gasteiger partial charge in [0.25, 0.3) is 0 Å². The number of pyridine rings is 1. The van der Waals surface area contributed by atoms with Crippen molar-refractivity contribution in [1.29, 1.82) is 0 Å². The van der Waals surface area contributed by atoms with Crippen LogP contribution in [0.4, 0.5) is 0 Å². The highest BCUT2D eigenvalue weighted by molar-refractivity contribution is 6.12. The Morgan fingerprint density at radius 1 is 1.12 bits per heavy atom. The molecule has 0 spiro atoms. The van der Waals surface area contributed by atoms with Gasteiger partial charge in [-0.25, -0.2) is 9.78 Å². The average molecular weight is 225 g/mol. The van der Waals surface area contributed by atoms with Gasteiger partial charge >= 0.3 is 5.97 Å². The van der Waals surface area contributed by atoms with E-state index in [1.54, 1.807) is 24.5 Å². The molecule has 0 aliphatic heterocycles. The molecule has 0 bridgehead atoms. The number of hydrogen-bond acceptors (Lipinski definition) is 4. The first-order valence-electron chi connectivity index (χ1n) is 4.99. The van der Waals surface area contributed by atoms with Gasteiger partial charge in [0.2, 0.25) is 0 Å². The molecule has 0 aliphatic carbocycles. The topological polar surface area (TPSA) is 76.0 Å². The lowest BCUT2D eigenvalue weighted by Crippen LogP contribution is -1.97. The maximum atomic E-state index is 11.1. The zero-order valence-corrected chi connectivity index (χ0v) is 8.66. The number of aromatic carboxylic acids is 1. The number of carboxylic acids is 1. The number of hydrogen-bond donors (Lipinski definition) is 1. The van der Waals surface area contributed by atoms with Crippen LogP contribution < -0.4 is 0 Å².